The molecule has 2 saturated heterocycles. The van der Waals surface area contributed by atoms with Crippen LogP contribution in [0.15, 0.2) is 24.3 Å². The molecule has 6 fully saturated rings. The van der Waals surface area contributed by atoms with Gasteiger partial charge in [0.1, 0.15) is 46.4 Å². The third kappa shape index (κ3) is 14.3. The van der Waals surface area contributed by atoms with Crippen molar-refractivity contribution in [2.24, 2.45) is 11.8 Å². The van der Waals surface area contributed by atoms with Gasteiger partial charge in [0.25, 0.3) is 11.8 Å². The molecule has 23 nitrogen and oxygen atoms in total. The largest absolute Gasteiger partial charge is 0.444 e. The topological polar surface area (TPSA) is 311 Å². The predicted octanol–water partition coefficient (Wildman–Crippen LogP) is 2.74. The molecule has 8 rings (SSSR count). The van der Waals surface area contributed by atoms with Crippen LogP contribution in [0, 0.1) is 11.8 Å². The van der Waals surface area contributed by atoms with Crippen LogP contribution in [0.5, 0.6) is 0 Å². The highest BCUT2D eigenvalue weighted by atomic mass is 32.2. The van der Waals surface area contributed by atoms with E-state index in [2.05, 4.69) is 30.7 Å². The number of alkyl carbamates (subject to hydrolysis) is 2. The van der Waals surface area contributed by atoms with Gasteiger partial charge in [0.05, 0.1) is 22.7 Å². The lowest BCUT2D eigenvalue weighted by molar-refractivity contribution is -0.141. The first-order valence-electron chi connectivity index (χ1n) is 27.4. The van der Waals surface area contributed by atoms with Gasteiger partial charge >= 0.3 is 12.2 Å². The van der Waals surface area contributed by atoms with Gasteiger partial charge in [-0.05, 0) is 119 Å². The Balaban J connectivity index is 1.09. The molecule has 8 amide bonds. The first-order chi connectivity index (χ1) is 36.1. The van der Waals surface area contributed by atoms with Gasteiger partial charge in [0.15, 0.2) is 0 Å². The van der Waals surface area contributed by atoms with Crippen molar-refractivity contribution in [3.8, 4) is 0 Å². The van der Waals surface area contributed by atoms with Crippen molar-refractivity contribution < 1.29 is 69.4 Å². The maximum atomic E-state index is 14.9. The fourth-order valence-electron chi connectivity index (χ4n) is 10.9. The minimum Gasteiger partial charge on any atom is -0.444 e. The zero-order chi connectivity index (χ0) is 55.9. The first-order valence-corrected chi connectivity index (χ1v) is 30.5. The van der Waals surface area contributed by atoms with Crippen LogP contribution in [0.2, 0.25) is 0 Å². The summed E-state index contributed by atoms with van der Waals surface area (Å²) >= 11 is 0. The average molecular weight is 1120 g/mol. The standard InChI is InChI=1S/C52H78N8O15S2/c1-49(2,3)74-47(67)53-37-19-15-11-7-9-13-17-31-27-51(31,45(65)57-76(69,70)35-21-22-35)55-41(61)39-25-33(29-59(39)43(37)63)73-34-26-40-42(62)56-52(46(66)58-77(71,72)36-23-24-36)28-32(52)18-14-10-8-12-16-20-38(44(64)60(40)30-34)54-48(68)75-50(4,5)6/h13-14,17-18,31-40H,7-12,15-16,19-30H2,1-6H3,(H,53,67)(H,54,68)(H,55,61)(H,56,62)(H,57,65)(H,58,66)/b17-13-,18-14-. The Bertz CT molecular complexity index is 2450. The average Bonchev–Trinajstić information content (AvgIpc) is 4.16. The van der Waals surface area contributed by atoms with Crippen molar-refractivity contribution in [2.75, 3.05) is 13.1 Å². The second-order valence-electron chi connectivity index (χ2n) is 24.3. The lowest BCUT2D eigenvalue weighted by Crippen LogP contribution is -2.58. The number of rotatable bonds is 10. The summed E-state index contributed by atoms with van der Waals surface area (Å²) in [5.41, 5.74) is -5.13. The number of carbonyl (C=O) groups excluding carboxylic acids is 8. The number of sulfonamides is 2. The summed E-state index contributed by atoms with van der Waals surface area (Å²) in [4.78, 5) is 117. The van der Waals surface area contributed by atoms with Gasteiger partial charge in [-0.3, -0.25) is 38.2 Å². The Labute approximate surface area is 451 Å². The van der Waals surface area contributed by atoms with Crippen molar-refractivity contribution >= 4 is 67.7 Å². The molecule has 4 saturated carbocycles. The highest BCUT2D eigenvalue weighted by Gasteiger charge is 2.64. The van der Waals surface area contributed by atoms with Crippen LogP contribution in [-0.4, -0.2) is 157 Å². The van der Waals surface area contributed by atoms with Gasteiger partial charge in [-0.15, -0.1) is 0 Å². The summed E-state index contributed by atoms with van der Waals surface area (Å²) in [7, 11) is -8.04. The minimum absolute atomic E-state index is 0.0974. The van der Waals surface area contributed by atoms with E-state index in [0.29, 0.717) is 77.0 Å². The van der Waals surface area contributed by atoms with Crippen LogP contribution in [0.1, 0.15) is 157 Å². The van der Waals surface area contributed by atoms with Gasteiger partial charge < -0.3 is 45.3 Å². The summed E-state index contributed by atoms with van der Waals surface area (Å²) in [5, 5.41) is 9.65. The van der Waals surface area contributed by atoms with E-state index in [4.69, 9.17) is 14.2 Å². The summed E-state index contributed by atoms with van der Waals surface area (Å²) in [6.07, 6.45) is 10.6. The molecule has 77 heavy (non-hydrogen) atoms. The minimum atomic E-state index is -4.02. The zero-order valence-electron chi connectivity index (χ0n) is 45.1. The van der Waals surface area contributed by atoms with E-state index in [-0.39, 0.29) is 51.6 Å². The molecule has 10 unspecified atom stereocenters. The lowest BCUT2D eigenvalue weighted by Gasteiger charge is -2.30. The van der Waals surface area contributed by atoms with Crippen LogP contribution in [0.3, 0.4) is 0 Å². The number of fused-ring (bicyclic) bond motifs is 4. The third-order valence-corrected chi connectivity index (χ3v) is 19.1. The molecule has 0 spiro atoms. The number of carbonyl (C=O) groups is 8. The number of nitrogens with zero attached hydrogens (tertiary/aromatic N) is 2. The van der Waals surface area contributed by atoms with Crippen molar-refractivity contribution in [3.63, 3.8) is 0 Å². The molecule has 0 aromatic heterocycles. The Kier molecular flexibility index (Phi) is 16.9. The van der Waals surface area contributed by atoms with Crippen LogP contribution in [0.4, 0.5) is 9.59 Å². The molecular formula is C52H78N8O15S2. The number of allylic oxidation sites excluding steroid dienone is 2. The van der Waals surface area contributed by atoms with E-state index in [0.717, 1.165) is 0 Å². The monoisotopic (exact) mass is 1120 g/mol. The molecule has 0 radical (unpaired) electrons. The summed E-state index contributed by atoms with van der Waals surface area (Å²) in [5.74, 6) is -5.70. The number of amides is 8. The fourth-order valence-corrected chi connectivity index (χ4v) is 13.6. The predicted molar refractivity (Wildman–Crippen MR) is 278 cm³/mol. The van der Waals surface area contributed by atoms with Crippen LogP contribution < -0.4 is 30.7 Å². The molecule has 428 valence electrons. The smallest absolute Gasteiger partial charge is 0.408 e. The molecular weight excluding hydrogens is 1040 g/mol. The van der Waals surface area contributed by atoms with Crippen molar-refractivity contribution in [3.05, 3.63) is 24.3 Å². The molecule has 25 heteroatoms. The van der Waals surface area contributed by atoms with Crippen molar-refractivity contribution in [1.82, 2.24) is 40.5 Å². The highest BCUT2D eigenvalue weighted by Crippen LogP contribution is 2.47. The molecule has 4 heterocycles. The van der Waals surface area contributed by atoms with Crippen molar-refractivity contribution in [2.45, 2.75) is 226 Å². The maximum Gasteiger partial charge on any atom is 0.408 e. The van der Waals surface area contributed by atoms with Crippen molar-refractivity contribution in [1.29, 1.82) is 0 Å². The van der Waals surface area contributed by atoms with Crippen LogP contribution >= 0.6 is 0 Å². The number of ether oxygens (including phenoxy) is 3. The summed E-state index contributed by atoms with van der Waals surface area (Å²) in [6.45, 7) is 9.61. The lowest BCUT2D eigenvalue weighted by atomic mass is 10.0. The van der Waals surface area contributed by atoms with Crippen LogP contribution in [-0.2, 0) is 63.0 Å². The summed E-state index contributed by atoms with van der Waals surface area (Å²) < 4.78 is 74.5. The number of hydrogen-bond acceptors (Lipinski definition) is 15. The molecule has 6 N–H and O–H groups in total. The Morgan fingerprint density at radius 2 is 0.948 bits per heavy atom. The highest BCUT2D eigenvalue weighted by molar-refractivity contribution is 7.91. The van der Waals surface area contributed by atoms with E-state index in [1.165, 1.54) is 9.80 Å². The Morgan fingerprint density at radius 1 is 0.571 bits per heavy atom. The molecule has 0 bridgehead atoms. The second kappa shape index (κ2) is 22.4. The van der Waals surface area contributed by atoms with Gasteiger partial charge in [-0.1, -0.05) is 50.0 Å². The molecule has 4 aliphatic heterocycles. The number of hydrogen-bond donors (Lipinski definition) is 6. The van der Waals surface area contributed by atoms with Gasteiger partial charge in [-0.25, -0.2) is 26.4 Å². The molecule has 0 aromatic rings. The second-order valence-corrected chi connectivity index (χ2v) is 28.2. The van der Waals surface area contributed by atoms with Crippen LogP contribution in [0.25, 0.3) is 0 Å². The zero-order valence-corrected chi connectivity index (χ0v) is 46.7. The van der Waals surface area contributed by atoms with E-state index in [1.807, 2.05) is 12.2 Å². The molecule has 0 aromatic carbocycles. The number of nitrogens with one attached hydrogen (secondary N) is 6. The van der Waals surface area contributed by atoms with E-state index >= 15 is 0 Å². The van der Waals surface area contributed by atoms with E-state index in [9.17, 15) is 55.2 Å². The fraction of sp³-hybridized carbons (Fsp3) is 0.769. The maximum absolute atomic E-state index is 14.9. The van der Waals surface area contributed by atoms with E-state index < -0.39 is 149 Å². The van der Waals surface area contributed by atoms with Gasteiger partial charge in [-0.2, -0.15) is 0 Å². The Hall–Kier alpha value is -5.30. The van der Waals surface area contributed by atoms with Gasteiger partial charge in [0, 0.05) is 37.8 Å². The quantitative estimate of drug-likeness (QED) is 0.171. The summed E-state index contributed by atoms with van der Waals surface area (Å²) in [6, 6.07) is -4.97. The molecule has 8 aliphatic rings. The Morgan fingerprint density at radius 3 is 1.30 bits per heavy atom. The third-order valence-electron chi connectivity index (χ3n) is 15.5. The first kappa shape index (κ1) is 57.9. The molecule has 10 atom stereocenters. The molecule has 4 aliphatic carbocycles. The SMILES string of the molecule is CC(C)(C)OC(=O)NC1CCCCC/C=C\C2CC2(C(=O)NS(=O)(=O)C2CC2)NC(=O)C2CC(OC3CC4C(=O)NC5(C(=O)NS(=O)(=O)C6CC6)CC5/C=C\CCCCCC(NC(=O)OC(C)(C)C)C(=O)N4C3)CN2C1=O. The van der Waals surface area contributed by atoms with E-state index in [1.54, 1.807) is 53.7 Å². The normalized spacial score (nSPS) is 33.5. The van der Waals surface area contributed by atoms with Gasteiger partial charge in [0.2, 0.25) is 43.7 Å².